The highest BCUT2D eigenvalue weighted by atomic mass is 35.5. The first-order valence-electron chi connectivity index (χ1n) is 10.5. The van der Waals surface area contributed by atoms with Crippen LogP contribution in [-0.2, 0) is 6.42 Å². The largest absolute Gasteiger partial charge is 0.335 e. The molecule has 0 saturated carbocycles. The van der Waals surface area contributed by atoms with Crippen LogP contribution in [0.15, 0.2) is 55.0 Å². The minimum absolute atomic E-state index is 0.0226. The number of aryl methyl sites for hydroxylation is 1. The van der Waals surface area contributed by atoms with Crippen molar-refractivity contribution in [1.29, 1.82) is 0 Å². The molecule has 0 unspecified atom stereocenters. The summed E-state index contributed by atoms with van der Waals surface area (Å²) < 4.78 is 0. The molecular formula is C24H24Cl2N4O. The first-order chi connectivity index (χ1) is 15.0. The van der Waals surface area contributed by atoms with Gasteiger partial charge in [0.2, 0.25) is 0 Å². The Morgan fingerprint density at radius 3 is 2.65 bits per heavy atom. The van der Waals surface area contributed by atoms with Gasteiger partial charge in [-0.15, -0.1) is 0 Å². The molecule has 31 heavy (non-hydrogen) atoms. The van der Waals surface area contributed by atoms with E-state index in [1.807, 2.05) is 29.2 Å². The maximum atomic E-state index is 13.7. The number of piperidine rings is 1. The summed E-state index contributed by atoms with van der Waals surface area (Å²) in [5.74, 6) is 0.842. The Labute approximate surface area is 192 Å². The fourth-order valence-electron chi connectivity index (χ4n) is 4.30. The molecule has 0 spiro atoms. The zero-order valence-corrected chi connectivity index (χ0v) is 18.9. The van der Waals surface area contributed by atoms with Crippen molar-refractivity contribution < 1.29 is 4.79 Å². The Balaban J connectivity index is 1.62. The molecule has 2 atom stereocenters. The summed E-state index contributed by atoms with van der Waals surface area (Å²) in [6.07, 6.45) is 8.71. The Bertz CT molecular complexity index is 1040. The van der Waals surface area contributed by atoms with E-state index in [-0.39, 0.29) is 11.9 Å². The second-order valence-electron chi connectivity index (χ2n) is 7.93. The van der Waals surface area contributed by atoms with E-state index >= 15 is 0 Å². The minimum Gasteiger partial charge on any atom is -0.335 e. The topological polar surface area (TPSA) is 59.0 Å². The third kappa shape index (κ3) is 4.89. The van der Waals surface area contributed by atoms with Crippen LogP contribution in [0.5, 0.6) is 0 Å². The van der Waals surface area contributed by atoms with E-state index in [0.29, 0.717) is 32.9 Å². The molecule has 0 radical (unpaired) electrons. The predicted molar refractivity (Wildman–Crippen MR) is 123 cm³/mol. The third-order valence-corrected chi connectivity index (χ3v) is 6.43. The number of amides is 1. The lowest BCUT2D eigenvalue weighted by Gasteiger charge is -2.40. The summed E-state index contributed by atoms with van der Waals surface area (Å²) in [5, 5.41) is 1.10. The Kier molecular flexibility index (Phi) is 6.83. The molecule has 1 aromatic carbocycles. The molecule has 3 aromatic rings. The Morgan fingerprint density at radius 2 is 1.90 bits per heavy atom. The quantitative estimate of drug-likeness (QED) is 0.494. The van der Waals surface area contributed by atoms with E-state index in [1.54, 1.807) is 30.7 Å². The van der Waals surface area contributed by atoms with E-state index < -0.39 is 0 Å². The molecule has 1 aliphatic rings. The summed E-state index contributed by atoms with van der Waals surface area (Å²) in [5.41, 5.74) is 2.12. The zero-order chi connectivity index (χ0) is 21.8. The lowest BCUT2D eigenvalue weighted by atomic mass is 9.86. The zero-order valence-electron chi connectivity index (χ0n) is 17.3. The number of carbonyl (C=O) groups is 1. The van der Waals surface area contributed by atoms with Crippen molar-refractivity contribution >= 4 is 29.1 Å². The summed E-state index contributed by atoms with van der Waals surface area (Å²) in [7, 11) is 0. The third-order valence-electron chi connectivity index (χ3n) is 5.89. The Hall–Kier alpha value is -2.50. The average molecular weight is 455 g/mol. The van der Waals surface area contributed by atoms with Gasteiger partial charge in [-0.05, 0) is 61.9 Å². The lowest BCUT2D eigenvalue weighted by Crippen LogP contribution is -2.48. The number of hydrogen-bond acceptors (Lipinski definition) is 4. The molecule has 1 aliphatic heterocycles. The van der Waals surface area contributed by atoms with E-state index in [4.69, 9.17) is 23.2 Å². The SMILES string of the molecule is C[C@@H]1CCCN(C(=O)c2cccc(Cl)c2-c2ncccn2)[C@@H]1CCc1ccc(Cl)cn1. The van der Waals surface area contributed by atoms with Crippen LogP contribution in [0.25, 0.3) is 11.4 Å². The number of hydrogen-bond donors (Lipinski definition) is 0. The fraction of sp³-hybridized carbons (Fsp3) is 0.333. The van der Waals surface area contributed by atoms with Gasteiger partial charge in [-0.3, -0.25) is 9.78 Å². The first kappa shape index (κ1) is 21.7. The number of nitrogens with zero attached hydrogens (tertiary/aromatic N) is 4. The van der Waals surface area contributed by atoms with E-state index in [0.717, 1.165) is 37.9 Å². The van der Waals surface area contributed by atoms with Crippen LogP contribution in [0.3, 0.4) is 0 Å². The number of halogens is 2. The van der Waals surface area contributed by atoms with Gasteiger partial charge in [-0.2, -0.15) is 0 Å². The second-order valence-corrected chi connectivity index (χ2v) is 8.77. The van der Waals surface area contributed by atoms with Crippen LogP contribution < -0.4 is 0 Å². The molecule has 3 heterocycles. The minimum atomic E-state index is -0.0226. The number of pyridine rings is 1. The molecule has 0 aliphatic carbocycles. The normalized spacial score (nSPS) is 18.7. The van der Waals surface area contributed by atoms with Gasteiger partial charge >= 0.3 is 0 Å². The van der Waals surface area contributed by atoms with Crippen LogP contribution in [0.1, 0.15) is 42.2 Å². The van der Waals surface area contributed by atoms with Crippen LogP contribution in [0.4, 0.5) is 0 Å². The summed E-state index contributed by atoms with van der Waals surface area (Å²) in [4.78, 5) is 28.8. The van der Waals surface area contributed by atoms with Gasteiger partial charge in [0.05, 0.1) is 21.2 Å². The molecule has 0 N–H and O–H groups in total. The Morgan fingerprint density at radius 1 is 1.10 bits per heavy atom. The van der Waals surface area contributed by atoms with Crippen LogP contribution >= 0.6 is 23.2 Å². The average Bonchev–Trinajstić information content (AvgIpc) is 2.79. The van der Waals surface area contributed by atoms with Crippen molar-refractivity contribution in [1.82, 2.24) is 19.9 Å². The van der Waals surface area contributed by atoms with Gasteiger partial charge in [0.15, 0.2) is 5.82 Å². The highest BCUT2D eigenvalue weighted by Gasteiger charge is 2.33. The molecule has 160 valence electrons. The van der Waals surface area contributed by atoms with Crippen molar-refractivity contribution in [2.75, 3.05) is 6.54 Å². The molecule has 7 heteroatoms. The van der Waals surface area contributed by atoms with E-state index in [1.165, 1.54) is 0 Å². The first-order valence-corrected chi connectivity index (χ1v) is 11.3. The molecule has 1 fully saturated rings. The van der Waals surface area contributed by atoms with E-state index in [9.17, 15) is 4.79 Å². The predicted octanol–water partition coefficient (Wildman–Crippen LogP) is 5.72. The maximum absolute atomic E-state index is 13.7. The van der Waals surface area contributed by atoms with Gasteiger partial charge < -0.3 is 4.90 Å². The highest BCUT2D eigenvalue weighted by molar-refractivity contribution is 6.34. The van der Waals surface area contributed by atoms with Crippen molar-refractivity contribution in [3.63, 3.8) is 0 Å². The van der Waals surface area contributed by atoms with Gasteiger partial charge in [-0.25, -0.2) is 9.97 Å². The fourth-order valence-corrected chi connectivity index (χ4v) is 4.67. The molecular weight excluding hydrogens is 431 g/mol. The number of aromatic nitrogens is 3. The van der Waals surface area contributed by atoms with Crippen LogP contribution in [0, 0.1) is 5.92 Å². The number of likely N-dealkylation sites (tertiary alicyclic amines) is 1. The van der Waals surface area contributed by atoms with Gasteiger partial charge in [0, 0.05) is 36.9 Å². The van der Waals surface area contributed by atoms with Crippen LogP contribution in [-0.4, -0.2) is 38.3 Å². The second kappa shape index (κ2) is 9.75. The van der Waals surface area contributed by atoms with Crippen molar-refractivity contribution in [2.45, 2.75) is 38.6 Å². The maximum Gasteiger partial charge on any atom is 0.254 e. The van der Waals surface area contributed by atoms with Crippen molar-refractivity contribution in [3.8, 4) is 11.4 Å². The number of carbonyl (C=O) groups excluding carboxylic acids is 1. The molecule has 1 amide bonds. The molecule has 1 saturated heterocycles. The summed E-state index contributed by atoms with van der Waals surface area (Å²) in [6, 6.07) is 11.1. The lowest BCUT2D eigenvalue weighted by molar-refractivity contribution is 0.0500. The standard InChI is InChI=1S/C24H24Cl2N4O/c1-16-5-3-14-30(21(16)11-10-18-9-8-17(25)15-29-18)24(31)19-6-2-7-20(26)22(19)23-27-12-4-13-28-23/h2,4,6-9,12-13,15-16,21H,3,5,10-11,14H2,1H3/t16-,21-/m1/s1. The number of rotatable bonds is 5. The number of benzene rings is 1. The molecule has 0 bridgehead atoms. The smallest absolute Gasteiger partial charge is 0.254 e. The highest BCUT2D eigenvalue weighted by Crippen LogP contribution is 2.33. The van der Waals surface area contributed by atoms with Crippen molar-refractivity contribution in [3.05, 3.63) is 76.3 Å². The molecule has 2 aromatic heterocycles. The molecule has 5 nitrogen and oxygen atoms in total. The van der Waals surface area contributed by atoms with E-state index in [2.05, 4.69) is 21.9 Å². The summed E-state index contributed by atoms with van der Waals surface area (Å²) in [6.45, 7) is 2.95. The summed E-state index contributed by atoms with van der Waals surface area (Å²) >= 11 is 12.5. The molecule has 4 rings (SSSR count). The van der Waals surface area contributed by atoms with Crippen molar-refractivity contribution in [2.24, 2.45) is 5.92 Å². The van der Waals surface area contributed by atoms with Gasteiger partial charge in [0.1, 0.15) is 0 Å². The van der Waals surface area contributed by atoms with Gasteiger partial charge in [-0.1, -0.05) is 36.2 Å². The van der Waals surface area contributed by atoms with Crippen LogP contribution in [0.2, 0.25) is 10.0 Å². The van der Waals surface area contributed by atoms with Gasteiger partial charge in [0.25, 0.3) is 5.91 Å². The monoisotopic (exact) mass is 454 g/mol.